The number of urea groups is 1. The van der Waals surface area contributed by atoms with Gasteiger partial charge in [0.2, 0.25) is 23.6 Å². The number of nitrogens with two attached hydrogens (primary N) is 1. The van der Waals surface area contributed by atoms with Crippen LogP contribution in [0.3, 0.4) is 0 Å². The summed E-state index contributed by atoms with van der Waals surface area (Å²) in [6, 6.07) is 19.4. The van der Waals surface area contributed by atoms with Gasteiger partial charge in [0.25, 0.3) is 0 Å². The average molecular weight is 820 g/mol. The number of ketones is 1. The maximum absolute atomic E-state index is 14.2. The summed E-state index contributed by atoms with van der Waals surface area (Å²) in [6.07, 6.45) is 6.72. The van der Waals surface area contributed by atoms with Crippen LogP contribution in [0.4, 0.5) is 10.5 Å². The summed E-state index contributed by atoms with van der Waals surface area (Å²) in [4.78, 5) is 88.5. The number of aromatic amines is 2. The van der Waals surface area contributed by atoms with Gasteiger partial charge in [0.15, 0.2) is 5.78 Å². The van der Waals surface area contributed by atoms with Crippen LogP contribution in [0.15, 0.2) is 97.6 Å². The Hall–Kier alpha value is -6.85. The number of carbonyl (C=O) groups excluding carboxylic acids is 6. The van der Waals surface area contributed by atoms with E-state index in [-0.39, 0.29) is 31.6 Å². The second-order valence-electron chi connectivity index (χ2n) is 14.5. The molecular formula is C43H53N11O6. The van der Waals surface area contributed by atoms with Gasteiger partial charge in [0.05, 0.1) is 6.33 Å². The van der Waals surface area contributed by atoms with E-state index in [1.165, 1.54) is 20.2 Å². The molecule has 2 aromatic heterocycles. The summed E-state index contributed by atoms with van der Waals surface area (Å²) in [5, 5.41) is 15.1. The first-order valence-corrected chi connectivity index (χ1v) is 19.8. The zero-order chi connectivity index (χ0) is 42.9. The van der Waals surface area contributed by atoms with Crippen molar-refractivity contribution >= 4 is 52.0 Å². The molecule has 0 spiro atoms. The number of carbonyl (C=O) groups is 6. The zero-order valence-electron chi connectivity index (χ0n) is 33.7. The van der Waals surface area contributed by atoms with Crippen molar-refractivity contribution in [2.75, 3.05) is 18.4 Å². The number of imidazole rings is 1. The van der Waals surface area contributed by atoms with E-state index >= 15 is 0 Å². The molecule has 2 heterocycles. The first kappa shape index (κ1) is 44.3. The highest BCUT2D eigenvalue weighted by Crippen LogP contribution is 2.19. The molecule has 17 nitrogen and oxygen atoms in total. The third-order valence-corrected chi connectivity index (χ3v) is 9.77. The Labute approximate surface area is 347 Å². The Bertz CT molecular complexity index is 2210. The van der Waals surface area contributed by atoms with Gasteiger partial charge in [0.1, 0.15) is 18.1 Å². The number of amides is 6. The van der Waals surface area contributed by atoms with Crippen LogP contribution in [0.2, 0.25) is 0 Å². The topological polar surface area (TPSA) is 257 Å². The quantitative estimate of drug-likeness (QED) is 0.0279. The van der Waals surface area contributed by atoms with Crippen molar-refractivity contribution in [1.29, 1.82) is 0 Å². The molecule has 60 heavy (non-hydrogen) atoms. The Morgan fingerprint density at radius 1 is 0.733 bits per heavy atom. The minimum absolute atomic E-state index is 0.102. The van der Waals surface area contributed by atoms with Crippen LogP contribution in [0.1, 0.15) is 60.3 Å². The normalized spacial score (nSPS) is 13.0. The molecule has 0 saturated carbocycles. The molecule has 11 N–H and O–H groups in total. The van der Waals surface area contributed by atoms with Crippen molar-refractivity contribution in [2.45, 2.75) is 76.5 Å². The summed E-state index contributed by atoms with van der Waals surface area (Å²) >= 11 is 0. The minimum Gasteiger partial charge on any atom is -0.361 e. The number of Topliss-reactive ketones (excluding diaryl/α,β-unsaturated/α-hetero) is 1. The third-order valence-electron chi connectivity index (χ3n) is 9.77. The molecule has 5 rings (SSSR count). The van der Waals surface area contributed by atoms with Crippen LogP contribution in [0.25, 0.3) is 10.9 Å². The number of benzene rings is 3. The number of anilines is 1. The monoisotopic (exact) mass is 819 g/mol. The highest BCUT2D eigenvalue weighted by molar-refractivity contribution is 5.97. The molecular weight excluding hydrogens is 767 g/mol. The lowest BCUT2D eigenvalue weighted by Crippen LogP contribution is -2.58. The van der Waals surface area contributed by atoms with Crippen LogP contribution in [-0.2, 0) is 38.4 Å². The van der Waals surface area contributed by atoms with E-state index < -0.39 is 53.8 Å². The molecule has 0 unspecified atom stereocenters. The molecule has 3 aromatic carbocycles. The second kappa shape index (κ2) is 22.3. The molecule has 0 radical (unpaired) electrons. The molecule has 0 aliphatic rings. The van der Waals surface area contributed by atoms with Crippen molar-refractivity contribution in [1.82, 2.24) is 47.1 Å². The number of hydrogen-bond acceptors (Lipinski definition) is 9. The zero-order valence-corrected chi connectivity index (χ0v) is 33.7. The summed E-state index contributed by atoms with van der Waals surface area (Å²) in [7, 11) is 0. The van der Waals surface area contributed by atoms with Gasteiger partial charge in [-0.05, 0) is 61.9 Å². The molecule has 5 aromatic rings. The number of hydrogen-bond donors (Lipinski definition) is 10. The lowest BCUT2D eigenvalue weighted by atomic mass is 10.0. The number of nitrogens with zero attached hydrogens (tertiary/aromatic N) is 1. The number of H-pyrrole nitrogens is 2. The fraction of sp³-hybridized carbons (Fsp3) is 0.326. The Morgan fingerprint density at radius 3 is 2.17 bits per heavy atom. The Kier molecular flexibility index (Phi) is 16.5. The van der Waals surface area contributed by atoms with E-state index in [1.54, 1.807) is 30.5 Å². The van der Waals surface area contributed by atoms with E-state index in [0.29, 0.717) is 42.8 Å². The van der Waals surface area contributed by atoms with Gasteiger partial charge < -0.3 is 42.3 Å². The molecule has 0 saturated heterocycles. The van der Waals surface area contributed by atoms with Crippen molar-refractivity contribution in [3.05, 3.63) is 120 Å². The van der Waals surface area contributed by atoms with Gasteiger partial charge in [-0.25, -0.2) is 15.2 Å². The fourth-order valence-corrected chi connectivity index (χ4v) is 6.69. The lowest BCUT2D eigenvalue weighted by molar-refractivity contribution is -0.133. The number of hydrazine groups is 1. The van der Waals surface area contributed by atoms with Crippen molar-refractivity contribution in [3.63, 3.8) is 0 Å². The van der Waals surface area contributed by atoms with Gasteiger partial charge in [-0.2, -0.15) is 0 Å². The molecule has 4 atom stereocenters. The minimum atomic E-state index is -1.12. The molecule has 0 aliphatic carbocycles. The molecule has 6 amide bonds. The number of para-hydroxylation sites is 1. The first-order chi connectivity index (χ1) is 29.0. The number of fused-ring (bicyclic) bond motifs is 1. The molecule has 17 heteroatoms. The Morgan fingerprint density at radius 2 is 1.45 bits per heavy atom. The van der Waals surface area contributed by atoms with Crippen molar-refractivity contribution < 1.29 is 28.8 Å². The van der Waals surface area contributed by atoms with Crippen LogP contribution >= 0.6 is 0 Å². The highest BCUT2D eigenvalue weighted by Gasteiger charge is 2.30. The van der Waals surface area contributed by atoms with E-state index in [1.807, 2.05) is 60.8 Å². The smallest absolute Gasteiger partial charge is 0.333 e. The number of nitrogens with one attached hydrogen (secondary N) is 9. The summed E-state index contributed by atoms with van der Waals surface area (Å²) < 4.78 is 0. The van der Waals surface area contributed by atoms with Crippen molar-refractivity contribution in [3.8, 4) is 0 Å². The van der Waals surface area contributed by atoms with Crippen LogP contribution in [0, 0.1) is 0 Å². The van der Waals surface area contributed by atoms with Crippen molar-refractivity contribution in [2.24, 2.45) is 5.73 Å². The fourth-order valence-electron chi connectivity index (χ4n) is 6.69. The SMILES string of the molecule is CC(=O)N[C@@H](Cc1cnc[nH]1)C(=O)N[C@H](Cc1ccccc1)C(=O)N[C@@H](CCCCNNC(=O)Nc1cccc(C(C)=O)c1)C(=O)N[C@H](CN)Cc1c[nH]c2ccccc12. The van der Waals surface area contributed by atoms with E-state index in [4.69, 9.17) is 5.73 Å². The van der Waals surface area contributed by atoms with E-state index in [2.05, 4.69) is 52.4 Å². The van der Waals surface area contributed by atoms with Gasteiger partial charge in [-0.1, -0.05) is 60.7 Å². The first-order valence-electron chi connectivity index (χ1n) is 19.8. The standard InChI is InChI=1S/C43H53N11O6/c1-27(55)30-13-10-14-32(20-30)51-43(60)54-48-18-9-8-17-37(40(57)50-33(23-44)21-31-24-46-36-16-7-6-15-35(31)36)52-41(58)38(19-29-11-4-3-5-12-29)53-42(59)39(49-28(2)56)22-34-25-45-26-47-34/h3-7,10-16,20,24-26,33,37-39,46,48H,8-9,17-19,21-23,44H2,1-2H3,(H,45,47)(H,49,56)(H,50,57)(H,52,58)(H,53,59)(H2,51,54,60)/t33-,37-,38+,39-/m0/s1. The van der Waals surface area contributed by atoms with Crippen LogP contribution in [0.5, 0.6) is 0 Å². The largest absolute Gasteiger partial charge is 0.361 e. The number of rotatable bonds is 22. The lowest BCUT2D eigenvalue weighted by Gasteiger charge is -2.26. The van der Waals surface area contributed by atoms with Gasteiger partial charge in [-0.3, -0.25) is 29.4 Å². The van der Waals surface area contributed by atoms with Crippen LogP contribution in [-0.4, -0.2) is 87.7 Å². The maximum Gasteiger partial charge on any atom is 0.333 e. The van der Waals surface area contributed by atoms with Gasteiger partial charge in [-0.15, -0.1) is 0 Å². The maximum atomic E-state index is 14.2. The number of aromatic nitrogens is 3. The molecule has 0 bridgehead atoms. The molecule has 0 aliphatic heterocycles. The second-order valence-corrected chi connectivity index (χ2v) is 14.5. The van der Waals surface area contributed by atoms with Gasteiger partial charge in [0, 0.05) is 79.1 Å². The predicted octanol–water partition coefficient (Wildman–Crippen LogP) is 2.54. The summed E-state index contributed by atoms with van der Waals surface area (Å²) in [5.74, 6) is -2.18. The van der Waals surface area contributed by atoms with E-state index in [9.17, 15) is 28.8 Å². The predicted molar refractivity (Wildman–Crippen MR) is 227 cm³/mol. The molecule has 0 fully saturated rings. The van der Waals surface area contributed by atoms with Gasteiger partial charge >= 0.3 is 6.03 Å². The summed E-state index contributed by atoms with van der Waals surface area (Å²) in [6.45, 7) is 3.21. The Balaban J connectivity index is 1.26. The van der Waals surface area contributed by atoms with E-state index in [0.717, 1.165) is 22.0 Å². The highest BCUT2D eigenvalue weighted by atomic mass is 16.2. The third kappa shape index (κ3) is 13.6. The average Bonchev–Trinajstić information content (AvgIpc) is 3.91. The molecule has 316 valence electrons. The summed E-state index contributed by atoms with van der Waals surface area (Å²) in [5.41, 5.74) is 15.8. The number of unbranched alkanes of at least 4 members (excludes halogenated alkanes) is 1. The van der Waals surface area contributed by atoms with Crippen LogP contribution < -0.4 is 43.2 Å².